The molecule has 2 heterocycles. The molecule has 33 heavy (non-hydrogen) atoms. The quantitative estimate of drug-likeness (QED) is 0.474. The molecule has 0 bridgehead atoms. The minimum atomic E-state index is -4.18. The van der Waals surface area contributed by atoms with Gasteiger partial charge in [0.15, 0.2) is 0 Å². The zero-order valence-corrected chi connectivity index (χ0v) is 19.3. The van der Waals surface area contributed by atoms with E-state index in [1.165, 1.54) is 12.0 Å². The largest absolute Gasteiger partial charge is 0.460 e. The van der Waals surface area contributed by atoms with Crippen LogP contribution in [0.4, 0.5) is 8.78 Å². The second kappa shape index (κ2) is 9.98. The number of aromatic amines is 1. The second-order valence-electron chi connectivity index (χ2n) is 7.52. The monoisotopic (exact) mass is 485 g/mol. The number of hydrogen-bond donors (Lipinski definition) is 1. The minimum Gasteiger partial charge on any atom is -0.460 e. The molecule has 0 atom stereocenters. The van der Waals surface area contributed by atoms with Crippen LogP contribution >= 0.6 is 0 Å². The summed E-state index contributed by atoms with van der Waals surface area (Å²) in [6.07, 6.45) is 0. The van der Waals surface area contributed by atoms with E-state index < -0.39 is 38.4 Å². The lowest BCUT2D eigenvalue weighted by atomic mass is 10.1. The van der Waals surface area contributed by atoms with E-state index >= 15 is 0 Å². The van der Waals surface area contributed by atoms with Gasteiger partial charge in [-0.3, -0.25) is 4.79 Å². The maximum Gasteiger partial charge on any atom is 0.340 e. The normalized spacial score (nSPS) is 15.0. The minimum absolute atomic E-state index is 0.0600. The van der Waals surface area contributed by atoms with Crippen molar-refractivity contribution in [2.24, 2.45) is 0 Å². The van der Waals surface area contributed by atoms with Crippen LogP contribution < -0.4 is 0 Å². The zero-order valence-electron chi connectivity index (χ0n) is 18.5. The molecule has 12 heteroatoms. The number of sulfonamides is 1. The lowest BCUT2D eigenvalue weighted by molar-refractivity contribution is 0.0386. The number of halogens is 2. The van der Waals surface area contributed by atoms with Crippen molar-refractivity contribution in [3.05, 3.63) is 52.3 Å². The third-order valence-corrected chi connectivity index (χ3v) is 7.35. The first-order chi connectivity index (χ1) is 15.6. The standard InChI is InChI=1S/C21H25F2N3O6S/c1-13-18(21(28)32-11-10-31-3)14(2)24-19(13)20(27)25-6-8-26(9-7-25)33(29,30)17-5-4-15(22)12-16(17)23/h4-5,12,24H,6-11H2,1-3H3. The zero-order chi connectivity index (χ0) is 24.3. The first-order valence-electron chi connectivity index (χ1n) is 10.2. The molecule has 0 aliphatic carbocycles. The van der Waals surface area contributed by atoms with Crippen LogP contribution in [0, 0.1) is 25.5 Å². The van der Waals surface area contributed by atoms with Crippen LogP contribution in [0.25, 0.3) is 0 Å². The SMILES string of the molecule is COCCOC(=O)c1c(C)[nH]c(C(=O)N2CCN(S(=O)(=O)c3ccc(F)cc3F)CC2)c1C. The molecule has 3 rings (SSSR count). The average molecular weight is 486 g/mol. The van der Waals surface area contributed by atoms with Crippen LogP contribution in [0.5, 0.6) is 0 Å². The summed E-state index contributed by atoms with van der Waals surface area (Å²) < 4.78 is 63.7. The fourth-order valence-corrected chi connectivity index (χ4v) is 5.14. The van der Waals surface area contributed by atoms with Gasteiger partial charge in [-0.1, -0.05) is 0 Å². The van der Waals surface area contributed by atoms with E-state index in [9.17, 15) is 26.8 Å². The molecule has 1 aliphatic rings. The lowest BCUT2D eigenvalue weighted by Gasteiger charge is -2.34. The van der Waals surface area contributed by atoms with Crippen LogP contribution in [-0.2, 0) is 19.5 Å². The number of rotatable bonds is 7. The highest BCUT2D eigenvalue weighted by Gasteiger charge is 2.33. The summed E-state index contributed by atoms with van der Waals surface area (Å²) in [5, 5.41) is 0. The molecule has 1 aliphatic heterocycles. The first-order valence-corrected chi connectivity index (χ1v) is 11.6. The molecule has 1 N–H and O–H groups in total. The van der Waals surface area contributed by atoms with Crippen molar-refractivity contribution in [2.75, 3.05) is 46.5 Å². The molecular weight excluding hydrogens is 460 g/mol. The maximum atomic E-state index is 14.0. The highest BCUT2D eigenvalue weighted by Crippen LogP contribution is 2.24. The van der Waals surface area contributed by atoms with Crippen molar-refractivity contribution in [3.8, 4) is 0 Å². The fourth-order valence-electron chi connectivity index (χ4n) is 3.67. The maximum absolute atomic E-state index is 14.0. The van der Waals surface area contributed by atoms with Crippen molar-refractivity contribution in [1.82, 2.24) is 14.2 Å². The number of benzene rings is 1. The number of carbonyl (C=O) groups excluding carboxylic acids is 2. The predicted molar refractivity (Wildman–Crippen MR) is 113 cm³/mol. The fraction of sp³-hybridized carbons (Fsp3) is 0.429. The molecule has 0 radical (unpaired) electrons. The van der Waals surface area contributed by atoms with Gasteiger partial charge in [-0.25, -0.2) is 22.0 Å². The Labute approximate surface area is 190 Å². The summed E-state index contributed by atoms with van der Waals surface area (Å²) in [4.78, 5) is 29.2. The van der Waals surface area contributed by atoms with E-state index in [1.54, 1.807) is 13.8 Å². The average Bonchev–Trinajstić information content (AvgIpc) is 3.07. The second-order valence-corrected chi connectivity index (χ2v) is 9.43. The highest BCUT2D eigenvalue weighted by atomic mass is 32.2. The Kier molecular flexibility index (Phi) is 7.50. The molecule has 0 saturated carbocycles. The van der Waals surface area contributed by atoms with Gasteiger partial charge < -0.3 is 19.4 Å². The summed E-state index contributed by atoms with van der Waals surface area (Å²) in [6, 6.07) is 2.28. The first kappa shape index (κ1) is 24.8. The number of nitrogens with zero attached hydrogens (tertiary/aromatic N) is 2. The van der Waals surface area contributed by atoms with Crippen LogP contribution in [0.2, 0.25) is 0 Å². The number of hydrogen-bond acceptors (Lipinski definition) is 6. The third kappa shape index (κ3) is 5.07. The summed E-state index contributed by atoms with van der Waals surface area (Å²) in [6.45, 7) is 3.60. The van der Waals surface area contributed by atoms with Crippen LogP contribution in [0.15, 0.2) is 23.1 Å². The summed E-state index contributed by atoms with van der Waals surface area (Å²) in [7, 11) is -2.70. The molecule has 9 nitrogen and oxygen atoms in total. The topological polar surface area (TPSA) is 109 Å². The van der Waals surface area contributed by atoms with Gasteiger partial charge in [0.25, 0.3) is 5.91 Å². The molecule has 1 saturated heterocycles. The summed E-state index contributed by atoms with van der Waals surface area (Å²) >= 11 is 0. The molecule has 1 amide bonds. The molecular formula is C21H25F2N3O6S. The lowest BCUT2D eigenvalue weighted by Crippen LogP contribution is -2.50. The van der Waals surface area contributed by atoms with Gasteiger partial charge in [-0.15, -0.1) is 0 Å². The van der Waals surface area contributed by atoms with Crippen molar-refractivity contribution < 1.29 is 36.3 Å². The van der Waals surface area contributed by atoms with Crippen LogP contribution in [0.1, 0.15) is 32.1 Å². The Balaban J connectivity index is 1.71. The molecule has 0 unspecified atom stereocenters. The van der Waals surface area contributed by atoms with Crippen LogP contribution in [-0.4, -0.2) is 81.0 Å². The van der Waals surface area contributed by atoms with Gasteiger partial charge in [0.05, 0.1) is 12.2 Å². The van der Waals surface area contributed by atoms with Crippen molar-refractivity contribution in [2.45, 2.75) is 18.7 Å². The molecule has 1 aromatic carbocycles. The van der Waals surface area contributed by atoms with Gasteiger partial charge in [-0.05, 0) is 31.5 Å². The van der Waals surface area contributed by atoms with E-state index in [4.69, 9.17) is 9.47 Å². The number of amides is 1. The number of esters is 1. The van der Waals surface area contributed by atoms with Crippen LogP contribution in [0.3, 0.4) is 0 Å². The van der Waals surface area contributed by atoms with E-state index in [0.29, 0.717) is 17.3 Å². The van der Waals surface area contributed by atoms with E-state index in [2.05, 4.69) is 4.98 Å². The highest BCUT2D eigenvalue weighted by molar-refractivity contribution is 7.89. The Bertz CT molecular complexity index is 1160. The van der Waals surface area contributed by atoms with Gasteiger partial charge >= 0.3 is 5.97 Å². The number of H-pyrrole nitrogens is 1. The van der Waals surface area contributed by atoms with E-state index in [1.807, 2.05) is 0 Å². The number of aryl methyl sites for hydroxylation is 1. The van der Waals surface area contributed by atoms with Crippen molar-refractivity contribution >= 4 is 21.9 Å². The number of ether oxygens (including phenoxy) is 2. The number of methoxy groups -OCH3 is 1. The van der Waals surface area contributed by atoms with Gasteiger partial charge in [0.2, 0.25) is 10.0 Å². The Morgan fingerprint density at radius 1 is 1.09 bits per heavy atom. The summed E-state index contributed by atoms with van der Waals surface area (Å²) in [5.74, 6) is -3.01. The number of aromatic nitrogens is 1. The van der Waals surface area contributed by atoms with Crippen molar-refractivity contribution in [1.29, 1.82) is 0 Å². The Morgan fingerprint density at radius 2 is 1.76 bits per heavy atom. The molecule has 2 aromatic rings. The molecule has 0 spiro atoms. The molecule has 1 aromatic heterocycles. The molecule has 180 valence electrons. The van der Waals surface area contributed by atoms with E-state index in [-0.39, 0.29) is 50.7 Å². The number of nitrogens with one attached hydrogen (secondary N) is 1. The Hall–Kier alpha value is -2.83. The van der Waals surface area contributed by atoms with Crippen molar-refractivity contribution in [3.63, 3.8) is 0 Å². The number of piperazine rings is 1. The van der Waals surface area contributed by atoms with Gasteiger partial charge in [-0.2, -0.15) is 4.31 Å². The Morgan fingerprint density at radius 3 is 2.36 bits per heavy atom. The van der Waals surface area contributed by atoms with Gasteiger partial charge in [0, 0.05) is 45.0 Å². The smallest absolute Gasteiger partial charge is 0.340 e. The number of carbonyl (C=O) groups is 2. The van der Waals surface area contributed by atoms with Gasteiger partial charge in [0.1, 0.15) is 28.8 Å². The summed E-state index contributed by atoms with van der Waals surface area (Å²) in [5.41, 5.74) is 1.39. The third-order valence-electron chi connectivity index (χ3n) is 5.41. The van der Waals surface area contributed by atoms with E-state index in [0.717, 1.165) is 16.4 Å². The predicted octanol–water partition coefficient (Wildman–Crippen LogP) is 1.86. The molecule has 1 fully saturated rings.